The van der Waals surface area contributed by atoms with E-state index in [9.17, 15) is 5.11 Å². The van der Waals surface area contributed by atoms with E-state index in [1.807, 2.05) is 0 Å². The van der Waals surface area contributed by atoms with Crippen LogP contribution in [0, 0.1) is 0 Å². The molecule has 4 heteroatoms. The zero-order valence-corrected chi connectivity index (χ0v) is 12.4. The van der Waals surface area contributed by atoms with Crippen molar-refractivity contribution in [3.8, 4) is 0 Å². The zero-order chi connectivity index (χ0) is 14.1. The Balaban J connectivity index is 2.16. The highest BCUT2D eigenvalue weighted by Crippen LogP contribution is 2.39. The Morgan fingerprint density at radius 3 is 3.20 bits per heavy atom. The second-order valence-corrected chi connectivity index (χ2v) is 5.55. The van der Waals surface area contributed by atoms with E-state index in [0.717, 1.165) is 18.5 Å². The second kappa shape index (κ2) is 5.49. The third kappa shape index (κ3) is 2.10. The first-order valence-electron chi connectivity index (χ1n) is 7.12. The molecule has 0 radical (unpaired) electrons. The molecule has 2 aliphatic rings. The summed E-state index contributed by atoms with van der Waals surface area (Å²) in [6.45, 7) is 2.86. The van der Waals surface area contributed by atoms with E-state index in [0.29, 0.717) is 11.6 Å². The largest absolute Gasteiger partial charge is 0.506 e. The van der Waals surface area contributed by atoms with Crippen LogP contribution in [0.5, 0.6) is 0 Å². The zero-order valence-electron chi connectivity index (χ0n) is 11.6. The number of rotatable bonds is 3. The Labute approximate surface area is 124 Å². The third-order valence-electron chi connectivity index (χ3n) is 4.19. The van der Waals surface area contributed by atoms with Crippen molar-refractivity contribution in [1.29, 1.82) is 0 Å². The van der Waals surface area contributed by atoms with E-state index in [1.165, 1.54) is 24.1 Å². The first kappa shape index (κ1) is 13.5. The van der Waals surface area contributed by atoms with Crippen molar-refractivity contribution >= 4 is 23.4 Å². The van der Waals surface area contributed by atoms with Gasteiger partial charge >= 0.3 is 0 Å². The van der Waals surface area contributed by atoms with Gasteiger partial charge in [0.15, 0.2) is 0 Å². The highest BCUT2D eigenvalue weighted by Gasteiger charge is 2.29. The van der Waals surface area contributed by atoms with Gasteiger partial charge < -0.3 is 9.67 Å². The minimum Gasteiger partial charge on any atom is -0.506 e. The molecule has 1 aromatic rings. The maximum absolute atomic E-state index is 10.1. The molecule has 3 rings (SSSR count). The van der Waals surface area contributed by atoms with Crippen molar-refractivity contribution in [3.63, 3.8) is 0 Å². The van der Waals surface area contributed by atoms with Gasteiger partial charge in [-0.3, -0.25) is 4.99 Å². The fourth-order valence-corrected chi connectivity index (χ4v) is 3.44. The number of aromatic nitrogens is 1. The number of allylic oxidation sites excluding steroid dienone is 3. The molecule has 0 saturated carbocycles. The van der Waals surface area contributed by atoms with E-state index >= 15 is 0 Å². The van der Waals surface area contributed by atoms with Crippen LogP contribution in [-0.4, -0.2) is 21.4 Å². The van der Waals surface area contributed by atoms with Crippen LogP contribution in [0.25, 0.3) is 6.08 Å². The molecular weight excluding hydrogens is 272 g/mol. The second-order valence-electron chi connectivity index (χ2n) is 5.31. The highest BCUT2D eigenvalue weighted by atomic mass is 35.5. The number of alkyl halides is 1. The molecule has 1 atom stereocenters. The number of aliphatic hydroxyl groups excluding tert-OH is 1. The number of hydrogen-bond donors (Lipinski definition) is 1. The Bertz CT molecular complexity index is 610. The number of nitrogens with zero attached hydrogens (tertiary/aromatic N) is 2. The summed E-state index contributed by atoms with van der Waals surface area (Å²) in [6.07, 6.45) is 11.8. The van der Waals surface area contributed by atoms with E-state index < -0.39 is 0 Å². The summed E-state index contributed by atoms with van der Waals surface area (Å²) in [5.41, 5.74) is 4.21. The van der Waals surface area contributed by atoms with Crippen molar-refractivity contribution in [2.75, 3.05) is 6.00 Å². The Kier molecular flexibility index (Phi) is 3.70. The molecular formula is C16H19ClN2O. The van der Waals surface area contributed by atoms with Gasteiger partial charge in [-0.25, -0.2) is 0 Å². The maximum atomic E-state index is 10.1. The minimum absolute atomic E-state index is 0.153. The van der Waals surface area contributed by atoms with Crippen LogP contribution in [0.15, 0.2) is 29.1 Å². The third-order valence-corrected chi connectivity index (χ3v) is 4.31. The van der Waals surface area contributed by atoms with Crippen LogP contribution < -0.4 is 0 Å². The monoisotopic (exact) mass is 290 g/mol. The molecule has 0 bridgehead atoms. The summed E-state index contributed by atoms with van der Waals surface area (Å²) in [5.74, 6) is 0.808. The summed E-state index contributed by atoms with van der Waals surface area (Å²) in [5, 5.41) is 10.1. The molecule has 1 N–H and O–H groups in total. The number of aryl methyl sites for hydroxylation is 1. The van der Waals surface area contributed by atoms with Crippen LogP contribution in [0.3, 0.4) is 0 Å². The smallest absolute Gasteiger partial charge is 0.137 e. The van der Waals surface area contributed by atoms with Gasteiger partial charge in [0.25, 0.3) is 0 Å². The Morgan fingerprint density at radius 1 is 1.60 bits per heavy atom. The molecule has 106 valence electrons. The molecule has 3 nitrogen and oxygen atoms in total. The van der Waals surface area contributed by atoms with Gasteiger partial charge in [0, 0.05) is 35.5 Å². The van der Waals surface area contributed by atoms with Crippen molar-refractivity contribution in [2.24, 2.45) is 4.99 Å². The van der Waals surface area contributed by atoms with E-state index in [2.05, 4.69) is 27.9 Å². The van der Waals surface area contributed by atoms with Crippen LogP contribution in [-0.2, 0) is 6.54 Å². The Morgan fingerprint density at radius 2 is 2.45 bits per heavy atom. The standard InChI is InChI=1S/C16H19ClN2O/c1-2-14(20)15(18-10-17)13-9-19-8-4-6-11-5-3-7-12(13)16(11)19/h2-3,7,9,11,20H,4-6,8,10H2,1H3/b14-2+,18-15?. The van der Waals surface area contributed by atoms with Crippen molar-refractivity contribution in [2.45, 2.75) is 38.6 Å². The molecule has 0 amide bonds. The van der Waals surface area contributed by atoms with Crippen LogP contribution in [0.2, 0.25) is 0 Å². The van der Waals surface area contributed by atoms with Crippen molar-refractivity contribution < 1.29 is 5.11 Å². The summed E-state index contributed by atoms with van der Waals surface area (Å²) < 4.78 is 2.33. The Hall–Kier alpha value is -1.48. The van der Waals surface area contributed by atoms with Crippen molar-refractivity contribution in [3.05, 3.63) is 40.9 Å². The van der Waals surface area contributed by atoms with Gasteiger partial charge in [-0.2, -0.15) is 0 Å². The fraction of sp³-hybridized carbons (Fsp3) is 0.438. The van der Waals surface area contributed by atoms with Gasteiger partial charge in [-0.15, -0.1) is 11.6 Å². The van der Waals surface area contributed by atoms with Crippen LogP contribution >= 0.6 is 11.6 Å². The molecule has 1 aliphatic heterocycles. The predicted molar refractivity (Wildman–Crippen MR) is 83.7 cm³/mol. The number of halogens is 1. The lowest BCUT2D eigenvalue weighted by molar-refractivity contribution is 0.442. The maximum Gasteiger partial charge on any atom is 0.137 e. The summed E-state index contributed by atoms with van der Waals surface area (Å²) in [4.78, 5) is 4.28. The van der Waals surface area contributed by atoms with Gasteiger partial charge in [0.05, 0.1) is 0 Å². The lowest BCUT2D eigenvalue weighted by Crippen LogP contribution is -2.16. The fourth-order valence-electron chi connectivity index (χ4n) is 3.32. The number of aliphatic imine (C=N–C) groups is 1. The van der Waals surface area contributed by atoms with Gasteiger partial charge in [-0.1, -0.05) is 12.2 Å². The van der Waals surface area contributed by atoms with Gasteiger partial charge in [-0.05, 0) is 32.3 Å². The number of hydrogen-bond acceptors (Lipinski definition) is 2. The molecule has 20 heavy (non-hydrogen) atoms. The number of aliphatic hydroxyl groups is 1. The molecule has 1 aromatic heterocycles. The van der Waals surface area contributed by atoms with Crippen molar-refractivity contribution in [1.82, 2.24) is 4.57 Å². The average molecular weight is 291 g/mol. The molecule has 1 aliphatic carbocycles. The predicted octanol–water partition coefficient (Wildman–Crippen LogP) is 4.23. The molecule has 2 heterocycles. The average Bonchev–Trinajstić information content (AvgIpc) is 2.85. The summed E-state index contributed by atoms with van der Waals surface area (Å²) in [6, 6.07) is 0.153. The SMILES string of the molecule is C/C=C(/O)C(=NCCl)c1cn2c3c1C=CCC3CCC2. The van der Waals surface area contributed by atoms with Crippen LogP contribution in [0.4, 0.5) is 0 Å². The molecule has 1 unspecified atom stereocenters. The molecule has 0 aromatic carbocycles. The normalized spacial score (nSPS) is 22.0. The minimum atomic E-state index is 0.153. The van der Waals surface area contributed by atoms with Gasteiger partial charge in [0.2, 0.25) is 0 Å². The van der Waals surface area contributed by atoms with E-state index in [-0.39, 0.29) is 11.8 Å². The summed E-state index contributed by atoms with van der Waals surface area (Å²) in [7, 11) is 0. The van der Waals surface area contributed by atoms with E-state index in [1.54, 1.807) is 13.0 Å². The highest BCUT2D eigenvalue weighted by molar-refractivity contribution is 6.20. The summed E-state index contributed by atoms with van der Waals surface area (Å²) >= 11 is 5.76. The first-order chi connectivity index (χ1) is 9.76. The van der Waals surface area contributed by atoms with Gasteiger partial charge in [0.1, 0.15) is 17.5 Å². The molecule has 0 spiro atoms. The lowest BCUT2D eigenvalue weighted by Gasteiger charge is -2.27. The molecule has 0 fully saturated rings. The van der Waals surface area contributed by atoms with E-state index in [4.69, 9.17) is 11.6 Å². The quantitative estimate of drug-likeness (QED) is 0.385. The first-order valence-corrected chi connectivity index (χ1v) is 7.65. The lowest BCUT2D eigenvalue weighted by atomic mass is 9.85. The topological polar surface area (TPSA) is 37.5 Å². The van der Waals surface area contributed by atoms with Crippen LogP contribution in [0.1, 0.15) is 48.9 Å². The molecule has 0 saturated heterocycles.